The predicted molar refractivity (Wildman–Crippen MR) is 107 cm³/mol. The second-order valence-electron chi connectivity index (χ2n) is 9.93. The lowest BCUT2D eigenvalue weighted by Crippen LogP contribution is -2.60. The smallest absolute Gasteiger partial charge is 0.143 e. The maximum absolute atomic E-state index is 13.6. The van der Waals surface area contributed by atoms with Crippen molar-refractivity contribution in [2.75, 3.05) is 5.73 Å². The van der Waals surface area contributed by atoms with E-state index in [2.05, 4.69) is 42.2 Å². The zero-order valence-corrected chi connectivity index (χ0v) is 16.1. The monoisotopic (exact) mass is 360 g/mol. The minimum atomic E-state index is -0.165. The molecule has 4 unspecified atom stereocenters. The van der Waals surface area contributed by atoms with Crippen molar-refractivity contribution in [1.29, 1.82) is 0 Å². The molecule has 4 aliphatic rings. The zero-order valence-electron chi connectivity index (χ0n) is 16.1. The fourth-order valence-corrected chi connectivity index (χ4v) is 7.32. The summed E-state index contributed by atoms with van der Waals surface area (Å²) in [5.74, 6) is 1.60. The summed E-state index contributed by atoms with van der Waals surface area (Å²) < 4.78 is 0. The Hall–Kier alpha value is -2.16. The first-order chi connectivity index (χ1) is 12.9. The van der Waals surface area contributed by atoms with Crippen LogP contribution in [0.25, 0.3) is 0 Å². The molecule has 3 nitrogen and oxygen atoms in total. The quantitative estimate of drug-likeness (QED) is 0.859. The number of hydrogen-bond donors (Lipinski definition) is 1. The van der Waals surface area contributed by atoms with Crippen LogP contribution >= 0.6 is 0 Å². The molecule has 1 aromatic carbocycles. The van der Waals surface area contributed by atoms with Gasteiger partial charge in [0.05, 0.1) is 0 Å². The molecular formula is C24H28N2O. The average Bonchev–Trinajstić information content (AvgIpc) is 2.60. The minimum absolute atomic E-state index is 0.165. The molecule has 0 spiro atoms. The lowest BCUT2D eigenvalue weighted by Gasteiger charge is -2.65. The molecule has 0 amide bonds. The highest BCUT2D eigenvalue weighted by Crippen LogP contribution is 2.70. The molecule has 1 aromatic heterocycles. The number of nitrogen functional groups attached to an aromatic ring is 1. The van der Waals surface area contributed by atoms with E-state index < -0.39 is 0 Å². The molecule has 3 heteroatoms. The van der Waals surface area contributed by atoms with Crippen LogP contribution in [0.15, 0.2) is 48.7 Å². The molecule has 2 N–H and O–H groups in total. The summed E-state index contributed by atoms with van der Waals surface area (Å²) >= 11 is 0. The Morgan fingerprint density at radius 1 is 1.11 bits per heavy atom. The largest absolute Gasteiger partial charge is 0.384 e. The Morgan fingerprint density at radius 3 is 2.67 bits per heavy atom. The molecule has 0 radical (unpaired) electrons. The normalized spacial score (nSPS) is 36.7. The lowest BCUT2D eigenvalue weighted by molar-refractivity contribution is -0.157. The van der Waals surface area contributed by atoms with E-state index in [0.29, 0.717) is 29.4 Å². The van der Waals surface area contributed by atoms with Gasteiger partial charge in [0.25, 0.3) is 0 Å². The standard InChI is InChI=1S/C24H28N2O/c1-22-11-18-12-23(14-22,19-5-3-2-4-6-19)16-24(13-18,15-22)20(27)9-17-7-8-26-21(25)10-17/h2-8,10,18H,9,11-16H2,1H3,(H2,25,26). The maximum atomic E-state index is 13.6. The van der Waals surface area contributed by atoms with Gasteiger partial charge in [0.15, 0.2) is 0 Å². The number of carbonyl (C=O) groups is 1. The first-order valence-electron chi connectivity index (χ1n) is 10.2. The molecule has 27 heavy (non-hydrogen) atoms. The Morgan fingerprint density at radius 2 is 1.93 bits per heavy atom. The fraction of sp³-hybridized carbons (Fsp3) is 0.500. The third kappa shape index (κ3) is 2.70. The SMILES string of the molecule is CC12CC3CC(C(=O)Cc4ccnc(N)c4)(C1)CC(c1ccccc1)(C3)C2. The number of benzene rings is 1. The van der Waals surface area contributed by atoms with Gasteiger partial charge in [0.1, 0.15) is 11.6 Å². The van der Waals surface area contributed by atoms with E-state index in [9.17, 15) is 4.79 Å². The van der Waals surface area contributed by atoms with Crippen LogP contribution in [0.5, 0.6) is 0 Å². The Balaban J connectivity index is 1.51. The third-order valence-electron chi connectivity index (χ3n) is 7.54. The van der Waals surface area contributed by atoms with Crippen molar-refractivity contribution in [2.45, 2.75) is 57.3 Å². The van der Waals surface area contributed by atoms with Crippen molar-refractivity contribution in [3.8, 4) is 0 Å². The van der Waals surface area contributed by atoms with E-state index in [1.54, 1.807) is 6.20 Å². The third-order valence-corrected chi connectivity index (χ3v) is 7.54. The average molecular weight is 361 g/mol. The number of anilines is 1. The van der Waals surface area contributed by atoms with Crippen LogP contribution in [0.3, 0.4) is 0 Å². The summed E-state index contributed by atoms with van der Waals surface area (Å²) in [6, 6.07) is 14.8. The zero-order chi connectivity index (χ0) is 18.7. The Kier molecular flexibility index (Phi) is 3.56. The van der Waals surface area contributed by atoms with Gasteiger partial charge >= 0.3 is 0 Å². The molecule has 4 atom stereocenters. The second-order valence-corrected chi connectivity index (χ2v) is 9.93. The molecule has 1 heterocycles. The van der Waals surface area contributed by atoms with Gasteiger partial charge in [-0.3, -0.25) is 4.79 Å². The van der Waals surface area contributed by atoms with Gasteiger partial charge in [-0.1, -0.05) is 37.3 Å². The topological polar surface area (TPSA) is 56.0 Å². The van der Waals surface area contributed by atoms with Crippen molar-refractivity contribution in [2.24, 2.45) is 16.7 Å². The van der Waals surface area contributed by atoms with Crippen molar-refractivity contribution in [1.82, 2.24) is 4.98 Å². The summed E-state index contributed by atoms with van der Waals surface area (Å²) in [4.78, 5) is 17.7. The summed E-state index contributed by atoms with van der Waals surface area (Å²) in [5.41, 5.74) is 8.60. The molecule has 6 rings (SSSR count). The highest BCUT2D eigenvalue weighted by molar-refractivity contribution is 5.87. The van der Waals surface area contributed by atoms with Gasteiger partial charge < -0.3 is 5.73 Å². The first kappa shape index (κ1) is 17.0. The van der Waals surface area contributed by atoms with Crippen LogP contribution in [0.1, 0.15) is 56.6 Å². The molecule has 0 aliphatic heterocycles. The van der Waals surface area contributed by atoms with Crippen LogP contribution in [0.2, 0.25) is 0 Å². The van der Waals surface area contributed by atoms with Gasteiger partial charge in [-0.25, -0.2) is 4.98 Å². The molecule has 4 aliphatic carbocycles. The van der Waals surface area contributed by atoms with E-state index >= 15 is 0 Å². The molecule has 0 saturated heterocycles. The number of aromatic nitrogens is 1. The Labute approximate surface area is 161 Å². The summed E-state index contributed by atoms with van der Waals surface area (Å²) in [5, 5.41) is 0. The van der Waals surface area contributed by atoms with Gasteiger partial charge in [0, 0.05) is 18.0 Å². The number of carbonyl (C=O) groups excluding carboxylic acids is 1. The molecule has 4 bridgehead atoms. The number of nitrogens with two attached hydrogens (primary N) is 1. The number of rotatable bonds is 4. The number of nitrogens with zero attached hydrogens (tertiary/aromatic N) is 1. The lowest BCUT2D eigenvalue weighted by atomic mass is 9.38. The fourth-order valence-electron chi connectivity index (χ4n) is 7.32. The van der Waals surface area contributed by atoms with E-state index in [1.165, 1.54) is 24.8 Å². The maximum Gasteiger partial charge on any atom is 0.143 e. The van der Waals surface area contributed by atoms with Crippen LogP contribution < -0.4 is 5.73 Å². The van der Waals surface area contributed by atoms with Crippen molar-refractivity contribution in [3.63, 3.8) is 0 Å². The van der Waals surface area contributed by atoms with Crippen LogP contribution in [-0.2, 0) is 16.6 Å². The Bertz CT molecular complexity index is 894. The van der Waals surface area contributed by atoms with Gasteiger partial charge in [-0.05, 0) is 78.5 Å². The summed E-state index contributed by atoms with van der Waals surface area (Å²) in [7, 11) is 0. The predicted octanol–water partition coefficient (Wildman–Crippen LogP) is 4.70. The molecule has 4 fully saturated rings. The number of pyridine rings is 1. The number of hydrogen-bond acceptors (Lipinski definition) is 3. The van der Waals surface area contributed by atoms with Crippen LogP contribution in [0.4, 0.5) is 5.82 Å². The van der Waals surface area contributed by atoms with Crippen LogP contribution in [-0.4, -0.2) is 10.8 Å². The summed E-state index contributed by atoms with van der Waals surface area (Å²) in [6.45, 7) is 2.43. The van der Waals surface area contributed by atoms with Crippen LogP contribution in [0, 0.1) is 16.7 Å². The van der Waals surface area contributed by atoms with Crippen molar-refractivity contribution in [3.05, 3.63) is 59.8 Å². The van der Waals surface area contributed by atoms with Gasteiger partial charge in [-0.2, -0.15) is 0 Å². The highest BCUT2D eigenvalue weighted by atomic mass is 16.1. The van der Waals surface area contributed by atoms with E-state index in [0.717, 1.165) is 24.8 Å². The molecule has 4 saturated carbocycles. The molecular weight excluding hydrogens is 332 g/mol. The molecule has 2 aromatic rings. The van der Waals surface area contributed by atoms with E-state index in [4.69, 9.17) is 5.73 Å². The van der Waals surface area contributed by atoms with Crippen molar-refractivity contribution < 1.29 is 4.79 Å². The highest BCUT2D eigenvalue weighted by Gasteiger charge is 2.64. The van der Waals surface area contributed by atoms with E-state index in [-0.39, 0.29) is 10.8 Å². The minimum Gasteiger partial charge on any atom is -0.384 e. The second kappa shape index (κ2) is 5.67. The van der Waals surface area contributed by atoms with Gasteiger partial charge in [-0.15, -0.1) is 0 Å². The van der Waals surface area contributed by atoms with Gasteiger partial charge in [0.2, 0.25) is 0 Å². The molecule has 140 valence electrons. The van der Waals surface area contributed by atoms with Crippen molar-refractivity contribution >= 4 is 11.6 Å². The van der Waals surface area contributed by atoms with E-state index in [1.807, 2.05) is 12.1 Å². The number of ketones is 1. The first-order valence-corrected chi connectivity index (χ1v) is 10.2. The number of Topliss-reactive ketones (excluding diaryl/α,β-unsaturated/α-hetero) is 1. The summed E-state index contributed by atoms with van der Waals surface area (Å²) in [6.07, 6.45) is 9.14.